The number of amides is 1. The van der Waals surface area contributed by atoms with Crippen molar-refractivity contribution < 1.29 is 9.21 Å². The monoisotopic (exact) mass is 238 g/mol. The van der Waals surface area contributed by atoms with Crippen molar-refractivity contribution in [3.05, 3.63) is 23.2 Å². The van der Waals surface area contributed by atoms with E-state index < -0.39 is 0 Å². The lowest BCUT2D eigenvalue weighted by molar-refractivity contribution is -0.128. The number of rotatable bonds is 5. The van der Waals surface area contributed by atoms with Gasteiger partial charge in [-0.3, -0.25) is 4.79 Å². The van der Waals surface area contributed by atoms with Crippen LogP contribution in [0.15, 0.2) is 10.5 Å². The van der Waals surface area contributed by atoms with E-state index in [1.807, 2.05) is 40.8 Å². The van der Waals surface area contributed by atoms with Crippen molar-refractivity contribution in [1.29, 1.82) is 0 Å². The molecule has 96 valence electrons. The van der Waals surface area contributed by atoms with Gasteiger partial charge in [0.2, 0.25) is 5.91 Å². The van der Waals surface area contributed by atoms with Gasteiger partial charge in [0.05, 0.1) is 6.54 Å². The van der Waals surface area contributed by atoms with Gasteiger partial charge in [0.1, 0.15) is 11.5 Å². The molecular formula is C13H22N2O2. The standard InChI is InChI=1S/C13H22N2O2/c1-6-15(5)13(16)8-14-10(3)12-7-9(2)17-11(12)4/h7,10,14H,6,8H2,1-5H3. The summed E-state index contributed by atoms with van der Waals surface area (Å²) in [5.41, 5.74) is 1.12. The third-order valence-electron chi connectivity index (χ3n) is 3.01. The summed E-state index contributed by atoms with van der Waals surface area (Å²) in [6.45, 7) is 8.97. The van der Waals surface area contributed by atoms with Crippen LogP contribution >= 0.6 is 0 Å². The molecule has 0 aromatic carbocycles. The second kappa shape index (κ2) is 5.87. The lowest BCUT2D eigenvalue weighted by Gasteiger charge is -2.17. The Morgan fingerprint density at radius 3 is 2.65 bits per heavy atom. The first kappa shape index (κ1) is 13.8. The molecule has 1 heterocycles. The number of likely N-dealkylation sites (N-methyl/N-ethyl adjacent to an activating group) is 1. The van der Waals surface area contributed by atoms with Gasteiger partial charge in [-0.1, -0.05) is 0 Å². The third-order valence-corrected chi connectivity index (χ3v) is 3.01. The van der Waals surface area contributed by atoms with Crippen molar-refractivity contribution in [1.82, 2.24) is 10.2 Å². The maximum Gasteiger partial charge on any atom is 0.236 e. The summed E-state index contributed by atoms with van der Waals surface area (Å²) in [5.74, 6) is 1.93. The summed E-state index contributed by atoms with van der Waals surface area (Å²) in [6, 6.07) is 2.14. The van der Waals surface area contributed by atoms with Gasteiger partial charge in [0, 0.05) is 25.2 Å². The molecule has 0 bridgehead atoms. The molecule has 0 radical (unpaired) electrons. The lowest BCUT2D eigenvalue weighted by atomic mass is 10.1. The summed E-state index contributed by atoms with van der Waals surface area (Å²) in [6.07, 6.45) is 0. The molecule has 0 aliphatic rings. The van der Waals surface area contributed by atoms with E-state index in [0.29, 0.717) is 6.54 Å². The van der Waals surface area contributed by atoms with E-state index in [1.165, 1.54) is 0 Å². The summed E-state index contributed by atoms with van der Waals surface area (Å²) in [5, 5.41) is 3.22. The number of hydrogen-bond donors (Lipinski definition) is 1. The molecule has 1 unspecified atom stereocenters. The molecule has 17 heavy (non-hydrogen) atoms. The number of furan rings is 1. The first-order chi connectivity index (χ1) is 7.95. The molecule has 0 saturated heterocycles. The summed E-state index contributed by atoms with van der Waals surface area (Å²) >= 11 is 0. The molecule has 0 saturated carbocycles. The van der Waals surface area contributed by atoms with Crippen molar-refractivity contribution in [2.75, 3.05) is 20.1 Å². The van der Waals surface area contributed by atoms with Gasteiger partial charge < -0.3 is 14.6 Å². The largest absolute Gasteiger partial charge is 0.466 e. The second-order valence-corrected chi connectivity index (χ2v) is 4.38. The average molecular weight is 238 g/mol. The summed E-state index contributed by atoms with van der Waals surface area (Å²) in [4.78, 5) is 13.3. The lowest BCUT2D eigenvalue weighted by Crippen LogP contribution is -2.36. The van der Waals surface area contributed by atoms with Gasteiger partial charge >= 0.3 is 0 Å². The number of aryl methyl sites for hydroxylation is 2. The van der Waals surface area contributed by atoms with Crippen LogP contribution in [0, 0.1) is 13.8 Å². The molecule has 1 atom stereocenters. The Morgan fingerprint density at radius 2 is 2.18 bits per heavy atom. The molecule has 0 aliphatic heterocycles. The van der Waals surface area contributed by atoms with Crippen molar-refractivity contribution in [2.45, 2.75) is 33.7 Å². The molecule has 4 nitrogen and oxygen atoms in total. The maximum atomic E-state index is 11.6. The summed E-state index contributed by atoms with van der Waals surface area (Å²) < 4.78 is 5.48. The first-order valence-corrected chi connectivity index (χ1v) is 6.00. The molecule has 1 aromatic heterocycles. The van der Waals surface area contributed by atoms with Crippen LogP contribution in [0.2, 0.25) is 0 Å². The number of nitrogens with one attached hydrogen (secondary N) is 1. The van der Waals surface area contributed by atoms with Crippen LogP contribution < -0.4 is 5.32 Å². The highest BCUT2D eigenvalue weighted by atomic mass is 16.3. The van der Waals surface area contributed by atoms with Crippen molar-refractivity contribution in [3.8, 4) is 0 Å². The van der Waals surface area contributed by atoms with E-state index in [1.54, 1.807) is 4.90 Å². The minimum atomic E-state index is 0.109. The molecule has 1 aromatic rings. The molecule has 0 spiro atoms. The van der Waals surface area contributed by atoms with E-state index in [-0.39, 0.29) is 11.9 Å². The fourth-order valence-corrected chi connectivity index (χ4v) is 1.74. The van der Waals surface area contributed by atoms with E-state index in [9.17, 15) is 4.79 Å². The Hall–Kier alpha value is -1.29. The predicted molar refractivity (Wildman–Crippen MR) is 67.9 cm³/mol. The van der Waals surface area contributed by atoms with Gasteiger partial charge in [-0.05, 0) is 33.8 Å². The normalized spacial score (nSPS) is 12.5. The van der Waals surface area contributed by atoms with Crippen LogP contribution in [0.3, 0.4) is 0 Å². The van der Waals surface area contributed by atoms with Crippen molar-refractivity contribution in [3.63, 3.8) is 0 Å². The zero-order valence-corrected chi connectivity index (χ0v) is 11.3. The van der Waals surface area contributed by atoms with E-state index in [2.05, 4.69) is 5.32 Å². The van der Waals surface area contributed by atoms with Crippen molar-refractivity contribution >= 4 is 5.91 Å². The highest BCUT2D eigenvalue weighted by Crippen LogP contribution is 2.20. The van der Waals surface area contributed by atoms with Crippen LogP contribution in [-0.4, -0.2) is 30.9 Å². The fourth-order valence-electron chi connectivity index (χ4n) is 1.74. The summed E-state index contributed by atoms with van der Waals surface area (Å²) in [7, 11) is 1.81. The quantitative estimate of drug-likeness (QED) is 0.853. The zero-order valence-electron chi connectivity index (χ0n) is 11.3. The minimum Gasteiger partial charge on any atom is -0.466 e. The smallest absolute Gasteiger partial charge is 0.236 e. The van der Waals surface area contributed by atoms with Gasteiger partial charge in [-0.2, -0.15) is 0 Å². The second-order valence-electron chi connectivity index (χ2n) is 4.38. The topological polar surface area (TPSA) is 45.5 Å². The number of nitrogens with zero attached hydrogens (tertiary/aromatic N) is 1. The maximum absolute atomic E-state index is 11.6. The highest BCUT2D eigenvalue weighted by molar-refractivity contribution is 5.77. The Morgan fingerprint density at radius 1 is 1.53 bits per heavy atom. The van der Waals surface area contributed by atoms with Gasteiger partial charge in [0.25, 0.3) is 0 Å². The Labute approximate surface area is 103 Å². The zero-order chi connectivity index (χ0) is 13.0. The molecule has 0 aliphatic carbocycles. The Kier molecular flexibility index (Phi) is 4.75. The highest BCUT2D eigenvalue weighted by Gasteiger charge is 2.14. The number of hydrogen-bond acceptors (Lipinski definition) is 3. The SMILES string of the molecule is CCN(C)C(=O)CNC(C)c1cc(C)oc1C. The fraction of sp³-hybridized carbons (Fsp3) is 0.615. The van der Waals surface area contributed by atoms with Crippen LogP contribution in [0.5, 0.6) is 0 Å². The molecular weight excluding hydrogens is 216 g/mol. The third kappa shape index (κ3) is 3.60. The van der Waals surface area contributed by atoms with Crippen LogP contribution in [-0.2, 0) is 4.79 Å². The van der Waals surface area contributed by atoms with Gasteiger partial charge in [-0.15, -0.1) is 0 Å². The van der Waals surface area contributed by atoms with E-state index >= 15 is 0 Å². The van der Waals surface area contributed by atoms with Gasteiger partial charge in [0.15, 0.2) is 0 Å². The molecule has 1 N–H and O–H groups in total. The van der Waals surface area contributed by atoms with Crippen LogP contribution in [0.4, 0.5) is 0 Å². The van der Waals surface area contributed by atoms with Gasteiger partial charge in [-0.25, -0.2) is 0 Å². The number of carbonyl (C=O) groups excluding carboxylic acids is 1. The van der Waals surface area contributed by atoms with E-state index in [4.69, 9.17) is 4.42 Å². The predicted octanol–water partition coefficient (Wildman–Crippen LogP) is 2.03. The molecule has 1 amide bonds. The van der Waals surface area contributed by atoms with Crippen LogP contribution in [0.1, 0.15) is 37.0 Å². The first-order valence-electron chi connectivity index (χ1n) is 6.00. The van der Waals surface area contributed by atoms with Crippen molar-refractivity contribution in [2.24, 2.45) is 0 Å². The number of carbonyl (C=O) groups is 1. The minimum absolute atomic E-state index is 0.109. The average Bonchev–Trinajstić information content (AvgIpc) is 2.63. The van der Waals surface area contributed by atoms with Crippen LogP contribution in [0.25, 0.3) is 0 Å². The Balaban J connectivity index is 2.53. The molecule has 0 fully saturated rings. The Bertz CT molecular complexity index is 385. The molecule has 1 rings (SSSR count). The van der Waals surface area contributed by atoms with E-state index in [0.717, 1.165) is 23.6 Å². The molecule has 4 heteroatoms.